The van der Waals surface area contributed by atoms with Gasteiger partial charge in [-0.3, -0.25) is 4.79 Å². The fourth-order valence-electron chi connectivity index (χ4n) is 3.19. The standard InChI is InChI=1S/C22H17Cl2F2NO4/c1-12-10-16(13(2)27(12)14-6-8-15(9-7-14)31-22(25)26)19(28)11-30-21(29)20-17(23)4-3-5-18(20)24/h3-10,22H,11H2,1-2H3. The first-order valence-electron chi connectivity index (χ1n) is 9.07. The summed E-state index contributed by atoms with van der Waals surface area (Å²) in [4.78, 5) is 25.0. The van der Waals surface area contributed by atoms with Gasteiger partial charge in [0, 0.05) is 22.6 Å². The molecule has 0 bridgehead atoms. The van der Waals surface area contributed by atoms with Gasteiger partial charge in [-0.05, 0) is 56.3 Å². The molecule has 162 valence electrons. The molecule has 0 unspecified atom stereocenters. The number of ether oxygens (including phenoxy) is 2. The Morgan fingerprint density at radius 2 is 1.65 bits per heavy atom. The minimum Gasteiger partial charge on any atom is -0.454 e. The molecule has 0 N–H and O–H groups in total. The quantitative estimate of drug-likeness (QED) is 0.313. The van der Waals surface area contributed by atoms with Crippen LogP contribution in [0.25, 0.3) is 5.69 Å². The van der Waals surface area contributed by atoms with Crippen molar-refractivity contribution in [3.63, 3.8) is 0 Å². The second kappa shape index (κ2) is 9.49. The first kappa shape index (κ1) is 22.8. The van der Waals surface area contributed by atoms with Crippen molar-refractivity contribution >= 4 is 35.0 Å². The number of esters is 1. The lowest BCUT2D eigenvalue weighted by Gasteiger charge is -2.11. The third kappa shape index (κ3) is 5.06. The molecule has 0 saturated carbocycles. The van der Waals surface area contributed by atoms with Crippen LogP contribution >= 0.6 is 23.2 Å². The highest BCUT2D eigenvalue weighted by molar-refractivity contribution is 6.39. The van der Waals surface area contributed by atoms with Crippen molar-refractivity contribution in [1.29, 1.82) is 0 Å². The number of halogens is 4. The fourth-order valence-corrected chi connectivity index (χ4v) is 3.74. The summed E-state index contributed by atoms with van der Waals surface area (Å²) in [6.07, 6.45) is 0. The Bertz CT molecular complexity index is 1110. The van der Waals surface area contributed by atoms with Crippen molar-refractivity contribution in [2.24, 2.45) is 0 Å². The van der Waals surface area contributed by atoms with E-state index < -0.39 is 25.0 Å². The predicted molar refractivity (Wildman–Crippen MR) is 113 cm³/mol. The van der Waals surface area contributed by atoms with Crippen molar-refractivity contribution in [1.82, 2.24) is 4.57 Å². The maximum absolute atomic E-state index is 12.7. The maximum atomic E-state index is 12.7. The average Bonchev–Trinajstić information content (AvgIpc) is 3.00. The van der Waals surface area contributed by atoms with Crippen molar-refractivity contribution in [3.8, 4) is 11.4 Å². The maximum Gasteiger partial charge on any atom is 0.387 e. The molecule has 9 heteroatoms. The van der Waals surface area contributed by atoms with E-state index in [9.17, 15) is 18.4 Å². The summed E-state index contributed by atoms with van der Waals surface area (Å²) in [7, 11) is 0. The molecule has 5 nitrogen and oxygen atoms in total. The molecule has 0 aliphatic carbocycles. The van der Waals surface area contributed by atoms with E-state index in [0.717, 1.165) is 5.69 Å². The number of hydrogen-bond acceptors (Lipinski definition) is 4. The van der Waals surface area contributed by atoms with Crippen molar-refractivity contribution < 1.29 is 27.8 Å². The summed E-state index contributed by atoms with van der Waals surface area (Å²) in [6.45, 7) is 0.124. The highest BCUT2D eigenvalue weighted by Gasteiger charge is 2.21. The summed E-state index contributed by atoms with van der Waals surface area (Å²) in [5.41, 5.74) is 2.37. The number of Topliss-reactive ketones (excluding diaryl/α,β-unsaturated/α-hetero) is 1. The zero-order chi connectivity index (χ0) is 22.7. The van der Waals surface area contributed by atoms with Crippen molar-refractivity contribution in [3.05, 3.63) is 81.1 Å². The number of aryl methyl sites for hydroxylation is 1. The van der Waals surface area contributed by atoms with E-state index >= 15 is 0 Å². The van der Waals surface area contributed by atoms with Gasteiger partial charge < -0.3 is 14.0 Å². The fraction of sp³-hybridized carbons (Fsp3) is 0.182. The first-order chi connectivity index (χ1) is 14.7. The van der Waals surface area contributed by atoms with Gasteiger partial charge in [-0.15, -0.1) is 0 Å². The van der Waals surface area contributed by atoms with E-state index in [0.29, 0.717) is 16.9 Å². The zero-order valence-electron chi connectivity index (χ0n) is 16.5. The van der Waals surface area contributed by atoms with Crippen LogP contribution in [0.1, 0.15) is 32.1 Å². The van der Waals surface area contributed by atoms with Gasteiger partial charge in [0.1, 0.15) is 5.75 Å². The predicted octanol–water partition coefficient (Wildman–Crippen LogP) is 6.04. The van der Waals surface area contributed by atoms with Gasteiger partial charge in [0.15, 0.2) is 6.61 Å². The summed E-state index contributed by atoms with van der Waals surface area (Å²) >= 11 is 12.0. The lowest BCUT2D eigenvalue weighted by Crippen LogP contribution is -2.15. The van der Waals surface area contributed by atoms with E-state index in [1.54, 1.807) is 42.7 Å². The highest BCUT2D eigenvalue weighted by atomic mass is 35.5. The molecule has 0 amide bonds. The lowest BCUT2D eigenvalue weighted by molar-refractivity contribution is -0.0498. The van der Waals surface area contributed by atoms with E-state index in [2.05, 4.69) is 4.74 Å². The Balaban J connectivity index is 1.77. The van der Waals surface area contributed by atoms with Crippen LogP contribution in [0.3, 0.4) is 0 Å². The minimum atomic E-state index is -2.91. The van der Waals surface area contributed by atoms with Crippen LogP contribution in [-0.4, -0.2) is 29.5 Å². The van der Waals surface area contributed by atoms with Crippen LogP contribution in [0.15, 0.2) is 48.5 Å². The summed E-state index contributed by atoms with van der Waals surface area (Å²) in [5, 5.41) is 0.254. The Morgan fingerprint density at radius 1 is 1.03 bits per heavy atom. The molecule has 0 saturated heterocycles. The van der Waals surface area contributed by atoms with Crippen LogP contribution in [0.5, 0.6) is 5.75 Å². The zero-order valence-corrected chi connectivity index (χ0v) is 18.0. The SMILES string of the molecule is Cc1cc(C(=O)COC(=O)c2c(Cl)cccc2Cl)c(C)n1-c1ccc(OC(F)F)cc1. The Hall–Kier alpha value is -2.90. The highest BCUT2D eigenvalue weighted by Crippen LogP contribution is 2.26. The summed E-state index contributed by atoms with van der Waals surface area (Å²) < 4.78 is 35.9. The molecular weight excluding hydrogens is 451 g/mol. The number of carbonyl (C=O) groups excluding carboxylic acids is 2. The molecule has 3 rings (SSSR count). The number of benzene rings is 2. The molecule has 1 aromatic heterocycles. The number of carbonyl (C=O) groups is 2. The van der Waals surface area contributed by atoms with Gasteiger partial charge in [0.2, 0.25) is 5.78 Å². The van der Waals surface area contributed by atoms with Gasteiger partial charge in [-0.1, -0.05) is 29.3 Å². The van der Waals surface area contributed by atoms with Gasteiger partial charge in [-0.25, -0.2) is 4.79 Å². The summed E-state index contributed by atoms with van der Waals surface area (Å²) in [6, 6.07) is 12.3. The molecule has 3 aromatic rings. The minimum absolute atomic E-state index is 0.00443. The number of ketones is 1. The third-order valence-corrected chi connectivity index (χ3v) is 5.18. The van der Waals surface area contributed by atoms with Gasteiger partial charge in [0.25, 0.3) is 0 Å². The number of rotatable bonds is 7. The van der Waals surface area contributed by atoms with Crippen LogP contribution in [-0.2, 0) is 4.74 Å². The lowest BCUT2D eigenvalue weighted by atomic mass is 10.1. The molecule has 0 aliphatic heterocycles. The summed E-state index contributed by atoms with van der Waals surface area (Å²) in [5.74, 6) is -1.18. The van der Waals surface area contributed by atoms with Crippen molar-refractivity contribution in [2.75, 3.05) is 6.61 Å². The van der Waals surface area contributed by atoms with E-state index in [1.165, 1.54) is 24.3 Å². The van der Waals surface area contributed by atoms with E-state index in [-0.39, 0.29) is 21.4 Å². The van der Waals surface area contributed by atoms with Crippen molar-refractivity contribution in [2.45, 2.75) is 20.5 Å². The van der Waals surface area contributed by atoms with Crippen LogP contribution in [0, 0.1) is 13.8 Å². The largest absolute Gasteiger partial charge is 0.454 e. The average molecular weight is 468 g/mol. The van der Waals surface area contributed by atoms with Crippen LogP contribution in [0.2, 0.25) is 10.0 Å². The number of hydrogen-bond donors (Lipinski definition) is 0. The van der Waals surface area contributed by atoms with Gasteiger partial charge in [0.05, 0.1) is 15.6 Å². The Kier molecular flexibility index (Phi) is 6.97. The Labute approximate surface area is 187 Å². The molecule has 0 fully saturated rings. The molecule has 0 atom stereocenters. The molecule has 0 spiro atoms. The van der Waals surface area contributed by atoms with Crippen LogP contribution in [0.4, 0.5) is 8.78 Å². The first-order valence-corrected chi connectivity index (χ1v) is 9.83. The smallest absolute Gasteiger partial charge is 0.387 e. The van der Waals surface area contributed by atoms with Gasteiger partial charge in [-0.2, -0.15) is 8.78 Å². The number of alkyl halides is 2. The second-order valence-electron chi connectivity index (χ2n) is 6.59. The molecule has 0 aliphatic rings. The molecule has 31 heavy (non-hydrogen) atoms. The molecule has 2 aromatic carbocycles. The topological polar surface area (TPSA) is 57.5 Å². The number of nitrogens with zero attached hydrogens (tertiary/aromatic N) is 1. The number of aromatic nitrogens is 1. The van der Waals surface area contributed by atoms with Gasteiger partial charge >= 0.3 is 12.6 Å². The monoisotopic (exact) mass is 467 g/mol. The normalized spacial score (nSPS) is 10.9. The van der Waals surface area contributed by atoms with E-state index in [4.69, 9.17) is 27.9 Å². The van der Waals surface area contributed by atoms with E-state index in [1.807, 2.05) is 0 Å². The second-order valence-corrected chi connectivity index (χ2v) is 7.40. The van der Waals surface area contributed by atoms with Crippen LogP contribution < -0.4 is 4.74 Å². The Morgan fingerprint density at radius 3 is 2.23 bits per heavy atom. The third-order valence-electron chi connectivity index (χ3n) is 4.55. The molecule has 1 heterocycles. The molecule has 0 radical (unpaired) electrons. The molecular formula is C22H17Cl2F2NO4.